The molecule has 0 aliphatic rings. The van der Waals surface area contributed by atoms with E-state index in [1.54, 1.807) is 30.3 Å². The zero-order valence-electron chi connectivity index (χ0n) is 13.3. The molecule has 0 aliphatic heterocycles. The monoisotopic (exact) mass is 331 g/mol. The van der Waals surface area contributed by atoms with E-state index in [-0.39, 0.29) is 4.90 Å². The highest BCUT2D eigenvalue weighted by molar-refractivity contribution is 7.92. The first-order valence-corrected chi connectivity index (χ1v) is 8.84. The van der Waals surface area contributed by atoms with E-state index in [1.807, 2.05) is 12.1 Å². The molecule has 0 bridgehead atoms. The number of pyridine rings is 1. The maximum Gasteiger partial charge on any atom is 0.261 e. The SMILES string of the molecule is C=CCNc1ccc(NS(=O)(=O)c2ccc(C(C)C)cc2)cn1. The Morgan fingerprint density at radius 2 is 1.87 bits per heavy atom. The second-order valence-electron chi connectivity index (χ2n) is 5.43. The fourth-order valence-electron chi connectivity index (χ4n) is 1.98. The predicted molar refractivity (Wildman–Crippen MR) is 94.3 cm³/mol. The van der Waals surface area contributed by atoms with Gasteiger partial charge in [0.05, 0.1) is 16.8 Å². The Labute approximate surface area is 137 Å². The van der Waals surface area contributed by atoms with Gasteiger partial charge in [0.1, 0.15) is 5.82 Å². The summed E-state index contributed by atoms with van der Waals surface area (Å²) in [5.74, 6) is 1.02. The van der Waals surface area contributed by atoms with Crippen LogP contribution >= 0.6 is 0 Å². The Morgan fingerprint density at radius 3 is 2.39 bits per heavy atom. The third kappa shape index (κ3) is 4.56. The highest BCUT2D eigenvalue weighted by atomic mass is 32.2. The quantitative estimate of drug-likeness (QED) is 0.760. The van der Waals surface area contributed by atoms with Gasteiger partial charge in [-0.2, -0.15) is 0 Å². The van der Waals surface area contributed by atoms with Crippen molar-refractivity contribution in [2.75, 3.05) is 16.6 Å². The molecular weight excluding hydrogens is 310 g/mol. The van der Waals surface area contributed by atoms with Gasteiger partial charge in [-0.05, 0) is 35.7 Å². The number of aromatic nitrogens is 1. The van der Waals surface area contributed by atoms with E-state index < -0.39 is 10.0 Å². The molecule has 2 aromatic rings. The molecule has 0 unspecified atom stereocenters. The van der Waals surface area contributed by atoms with E-state index in [2.05, 4.69) is 35.4 Å². The van der Waals surface area contributed by atoms with Crippen LogP contribution in [0.3, 0.4) is 0 Å². The molecule has 1 aromatic heterocycles. The summed E-state index contributed by atoms with van der Waals surface area (Å²) in [6.07, 6.45) is 3.20. The Bertz CT molecular complexity index is 751. The zero-order valence-corrected chi connectivity index (χ0v) is 14.1. The minimum atomic E-state index is -3.61. The van der Waals surface area contributed by atoms with Crippen molar-refractivity contribution < 1.29 is 8.42 Å². The van der Waals surface area contributed by atoms with Crippen LogP contribution in [0, 0.1) is 0 Å². The largest absolute Gasteiger partial charge is 0.367 e. The topological polar surface area (TPSA) is 71.1 Å². The van der Waals surface area contributed by atoms with E-state index in [9.17, 15) is 8.42 Å². The molecule has 2 rings (SSSR count). The van der Waals surface area contributed by atoms with Crippen LogP contribution in [-0.4, -0.2) is 19.9 Å². The lowest BCUT2D eigenvalue weighted by molar-refractivity contribution is 0.601. The molecule has 122 valence electrons. The van der Waals surface area contributed by atoms with Gasteiger partial charge in [0, 0.05) is 6.54 Å². The van der Waals surface area contributed by atoms with Crippen LogP contribution in [0.25, 0.3) is 0 Å². The van der Waals surface area contributed by atoms with Crippen LogP contribution in [0.2, 0.25) is 0 Å². The van der Waals surface area contributed by atoms with E-state index in [4.69, 9.17) is 0 Å². The lowest BCUT2D eigenvalue weighted by Gasteiger charge is -2.10. The lowest BCUT2D eigenvalue weighted by atomic mass is 10.0. The van der Waals surface area contributed by atoms with Gasteiger partial charge in [0.15, 0.2) is 0 Å². The van der Waals surface area contributed by atoms with Crippen LogP contribution in [0.15, 0.2) is 60.1 Å². The highest BCUT2D eigenvalue weighted by Gasteiger charge is 2.14. The van der Waals surface area contributed by atoms with Crippen molar-refractivity contribution in [2.24, 2.45) is 0 Å². The third-order valence-electron chi connectivity index (χ3n) is 3.30. The molecule has 0 saturated heterocycles. The summed E-state index contributed by atoms with van der Waals surface area (Å²) in [4.78, 5) is 4.38. The molecule has 0 radical (unpaired) electrons. The van der Waals surface area contributed by atoms with Gasteiger partial charge in [-0.3, -0.25) is 4.72 Å². The second-order valence-corrected chi connectivity index (χ2v) is 7.11. The summed E-state index contributed by atoms with van der Waals surface area (Å²) in [6, 6.07) is 10.3. The van der Waals surface area contributed by atoms with Crippen molar-refractivity contribution in [1.29, 1.82) is 0 Å². The number of nitrogens with zero attached hydrogens (tertiary/aromatic N) is 1. The van der Waals surface area contributed by atoms with Gasteiger partial charge in [-0.25, -0.2) is 13.4 Å². The molecule has 0 fully saturated rings. The number of rotatable bonds is 7. The minimum absolute atomic E-state index is 0.232. The summed E-state index contributed by atoms with van der Waals surface area (Å²) < 4.78 is 27.3. The van der Waals surface area contributed by atoms with Crippen molar-refractivity contribution in [3.63, 3.8) is 0 Å². The molecule has 0 spiro atoms. The smallest absolute Gasteiger partial charge is 0.261 e. The predicted octanol–water partition coefficient (Wildman–Crippen LogP) is 3.60. The summed E-state index contributed by atoms with van der Waals surface area (Å²) >= 11 is 0. The summed E-state index contributed by atoms with van der Waals surface area (Å²) in [5.41, 5.74) is 1.52. The number of hydrogen-bond acceptors (Lipinski definition) is 4. The zero-order chi connectivity index (χ0) is 16.9. The first-order valence-electron chi connectivity index (χ1n) is 7.36. The third-order valence-corrected chi connectivity index (χ3v) is 4.70. The maximum atomic E-state index is 12.4. The van der Waals surface area contributed by atoms with Crippen molar-refractivity contribution >= 4 is 21.5 Å². The van der Waals surface area contributed by atoms with Gasteiger partial charge >= 0.3 is 0 Å². The van der Waals surface area contributed by atoms with Crippen molar-refractivity contribution in [1.82, 2.24) is 4.98 Å². The van der Waals surface area contributed by atoms with Crippen molar-refractivity contribution in [3.05, 3.63) is 60.8 Å². The number of anilines is 2. The number of hydrogen-bond donors (Lipinski definition) is 2. The van der Waals surface area contributed by atoms with Crippen LogP contribution in [0.1, 0.15) is 25.3 Å². The molecule has 1 heterocycles. The van der Waals surface area contributed by atoms with Crippen molar-refractivity contribution in [2.45, 2.75) is 24.7 Å². The number of nitrogens with one attached hydrogen (secondary N) is 2. The van der Waals surface area contributed by atoms with Gasteiger partial charge in [-0.15, -0.1) is 6.58 Å². The molecule has 1 aromatic carbocycles. The Kier molecular flexibility index (Phi) is 5.39. The van der Waals surface area contributed by atoms with Crippen LogP contribution in [-0.2, 0) is 10.0 Å². The molecule has 23 heavy (non-hydrogen) atoms. The second kappa shape index (κ2) is 7.28. The van der Waals surface area contributed by atoms with Crippen LogP contribution in [0.5, 0.6) is 0 Å². The first kappa shape index (κ1) is 17.0. The number of benzene rings is 1. The summed E-state index contributed by atoms with van der Waals surface area (Å²) in [5, 5.41) is 3.03. The van der Waals surface area contributed by atoms with Crippen LogP contribution < -0.4 is 10.0 Å². The van der Waals surface area contributed by atoms with E-state index in [0.29, 0.717) is 24.0 Å². The van der Waals surface area contributed by atoms with Gasteiger partial charge < -0.3 is 5.32 Å². The Balaban J connectivity index is 2.12. The number of sulfonamides is 1. The Hall–Kier alpha value is -2.34. The van der Waals surface area contributed by atoms with Crippen LogP contribution in [0.4, 0.5) is 11.5 Å². The molecule has 0 amide bonds. The average molecular weight is 331 g/mol. The maximum absolute atomic E-state index is 12.4. The van der Waals surface area contributed by atoms with Gasteiger partial charge in [-0.1, -0.05) is 32.1 Å². The highest BCUT2D eigenvalue weighted by Crippen LogP contribution is 2.20. The molecule has 2 N–H and O–H groups in total. The normalized spacial score (nSPS) is 11.3. The molecule has 6 heteroatoms. The molecule has 0 atom stereocenters. The lowest BCUT2D eigenvalue weighted by Crippen LogP contribution is -2.13. The Morgan fingerprint density at radius 1 is 1.17 bits per heavy atom. The minimum Gasteiger partial charge on any atom is -0.367 e. The average Bonchev–Trinajstić information content (AvgIpc) is 2.54. The summed E-state index contributed by atoms with van der Waals surface area (Å²) in [7, 11) is -3.61. The van der Waals surface area contributed by atoms with E-state index in [1.165, 1.54) is 6.20 Å². The molecule has 0 saturated carbocycles. The molecule has 5 nitrogen and oxygen atoms in total. The fourth-order valence-corrected chi connectivity index (χ4v) is 3.02. The van der Waals surface area contributed by atoms with E-state index in [0.717, 1.165) is 5.56 Å². The van der Waals surface area contributed by atoms with Gasteiger partial charge in [0.2, 0.25) is 0 Å². The molecule has 0 aliphatic carbocycles. The standard InChI is InChI=1S/C17H21N3O2S/c1-4-11-18-17-10-7-15(12-19-17)20-23(21,22)16-8-5-14(6-9-16)13(2)3/h4-10,12-13,20H,1,11H2,2-3H3,(H,18,19). The summed E-state index contributed by atoms with van der Waals surface area (Å²) in [6.45, 7) is 8.34. The van der Waals surface area contributed by atoms with Crippen molar-refractivity contribution in [3.8, 4) is 0 Å². The van der Waals surface area contributed by atoms with E-state index >= 15 is 0 Å². The molecular formula is C17H21N3O2S. The van der Waals surface area contributed by atoms with Gasteiger partial charge in [0.25, 0.3) is 10.0 Å². The first-order chi connectivity index (χ1) is 10.9. The fraction of sp³-hybridized carbons (Fsp3) is 0.235.